The molecule has 0 radical (unpaired) electrons. The lowest BCUT2D eigenvalue weighted by Crippen LogP contribution is -3.00. The Labute approximate surface area is 151 Å². The van der Waals surface area contributed by atoms with Gasteiger partial charge in [0, 0.05) is 11.3 Å². The number of anilines is 1. The van der Waals surface area contributed by atoms with Crippen LogP contribution in [0.25, 0.3) is 0 Å². The first-order valence-electron chi connectivity index (χ1n) is 7.67. The number of benzene rings is 2. The van der Waals surface area contributed by atoms with Crippen LogP contribution in [0, 0.1) is 0 Å². The van der Waals surface area contributed by atoms with E-state index in [2.05, 4.69) is 21.6 Å². The van der Waals surface area contributed by atoms with E-state index in [0.717, 1.165) is 30.0 Å². The fourth-order valence-corrected chi connectivity index (χ4v) is 4.44. The van der Waals surface area contributed by atoms with Crippen molar-refractivity contribution in [3.05, 3.63) is 66.2 Å². The summed E-state index contributed by atoms with van der Waals surface area (Å²) in [6, 6.07) is 20.4. The SMILES string of the molecule is OC1(c2ccccc2)CN(c2ccccc2)C2=[N+]1CCCS2.[Br-]. The van der Waals surface area contributed by atoms with E-state index in [0.29, 0.717) is 6.54 Å². The predicted molar refractivity (Wildman–Crippen MR) is 91.3 cm³/mol. The van der Waals surface area contributed by atoms with Gasteiger partial charge in [0.15, 0.2) is 6.54 Å². The van der Waals surface area contributed by atoms with Gasteiger partial charge in [-0.1, -0.05) is 48.5 Å². The normalized spacial score (nSPS) is 23.4. The lowest BCUT2D eigenvalue weighted by atomic mass is 10.0. The summed E-state index contributed by atoms with van der Waals surface area (Å²) in [5.41, 5.74) is 1.16. The summed E-state index contributed by atoms with van der Waals surface area (Å²) >= 11 is 1.84. The van der Waals surface area contributed by atoms with E-state index in [4.69, 9.17) is 0 Å². The Hall–Kier alpha value is -1.30. The zero-order valence-corrected chi connectivity index (χ0v) is 15.1. The van der Waals surface area contributed by atoms with Crippen LogP contribution in [0.2, 0.25) is 0 Å². The zero-order valence-electron chi connectivity index (χ0n) is 12.7. The Kier molecular flexibility index (Phi) is 4.80. The molecule has 0 amide bonds. The molecule has 23 heavy (non-hydrogen) atoms. The summed E-state index contributed by atoms with van der Waals surface area (Å²) in [4.78, 5) is 2.25. The number of hydrogen-bond donors (Lipinski definition) is 1. The topological polar surface area (TPSA) is 26.5 Å². The third kappa shape index (κ3) is 2.82. The van der Waals surface area contributed by atoms with Crippen LogP contribution in [0.3, 0.4) is 0 Å². The number of amidine groups is 1. The van der Waals surface area contributed by atoms with Gasteiger partial charge in [0.1, 0.15) is 5.69 Å². The molecule has 0 bridgehead atoms. The second-order valence-corrected chi connectivity index (χ2v) is 6.80. The minimum Gasteiger partial charge on any atom is -1.00 e. The first-order chi connectivity index (χ1) is 10.8. The largest absolute Gasteiger partial charge is 1.00 e. The van der Waals surface area contributed by atoms with Crippen LogP contribution in [0.15, 0.2) is 60.7 Å². The lowest BCUT2D eigenvalue weighted by molar-refractivity contribution is -0.656. The van der Waals surface area contributed by atoms with E-state index >= 15 is 0 Å². The molecule has 0 aliphatic carbocycles. The monoisotopic (exact) mass is 390 g/mol. The highest BCUT2D eigenvalue weighted by atomic mass is 79.9. The van der Waals surface area contributed by atoms with Crippen molar-refractivity contribution in [3.63, 3.8) is 0 Å². The minimum atomic E-state index is -0.945. The van der Waals surface area contributed by atoms with Crippen molar-refractivity contribution in [2.24, 2.45) is 0 Å². The number of rotatable bonds is 2. The van der Waals surface area contributed by atoms with Gasteiger partial charge in [0.2, 0.25) is 0 Å². The van der Waals surface area contributed by atoms with E-state index in [1.807, 2.05) is 60.3 Å². The molecule has 5 heteroatoms. The average Bonchev–Trinajstić information content (AvgIpc) is 2.91. The van der Waals surface area contributed by atoms with Crippen LogP contribution in [0.1, 0.15) is 12.0 Å². The molecule has 0 spiro atoms. The third-order valence-corrected chi connectivity index (χ3v) is 5.54. The Morgan fingerprint density at radius 3 is 2.35 bits per heavy atom. The summed E-state index contributed by atoms with van der Waals surface area (Å²) in [6.45, 7) is 1.47. The van der Waals surface area contributed by atoms with Crippen molar-refractivity contribution in [2.45, 2.75) is 12.1 Å². The molecule has 0 saturated heterocycles. The van der Waals surface area contributed by atoms with Crippen molar-refractivity contribution >= 4 is 22.6 Å². The van der Waals surface area contributed by atoms with Crippen LogP contribution < -0.4 is 21.9 Å². The van der Waals surface area contributed by atoms with Crippen molar-refractivity contribution < 1.29 is 26.7 Å². The summed E-state index contributed by atoms with van der Waals surface area (Å²) in [5, 5.41) is 12.6. The standard InChI is InChI=1S/C18H19N2OS.BrH/c21-18(15-8-3-1-4-9-15)14-19(16-10-5-2-6-11-16)17-20(18)12-7-13-22-17;/h1-6,8-11,21H,7,12-14H2;1H/q+1;/p-1. The maximum absolute atomic E-state index is 11.4. The third-order valence-electron chi connectivity index (χ3n) is 4.35. The van der Waals surface area contributed by atoms with Gasteiger partial charge in [0.25, 0.3) is 5.72 Å². The van der Waals surface area contributed by atoms with Crippen LogP contribution in [-0.4, -0.2) is 33.7 Å². The highest BCUT2D eigenvalue weighted by molar-refractivity contribution is 8.13. The average molecular weight is 391 g/mol. The van der Waals surface area contributed by atoms with E-state index < -0.39 is 5.72 Å². The van der Waals surface area contributed by atoms with Gasteiger partial charge in [-0.15, -0.1) is 0 Å². The van der Waals surface area contributed by atoms with E-state index in [1.54, 1.807) is 0 Å². The highest BCUT2D eigenvalue weighted by Crippen LogP contribution is 2.37. The molecular weight excluding hydrogens is 372 g/mol. The molecule has 2 aliphatic heterocycles. The smallest absolute Gasteiger partial charge is 0.316 e. The Morgan fingerprint density at radius 1 is 1.00 bits per heavy atom. The molecule has 0 aromatic heterocycles. The number of nitrogens with zero attached hydrogens (tertiary/aromatic N) is 2. The maximum Gasteiger partial charge on any atom is 0.316 e. The molecular formula is C18H19BrN2OS. The number of aliphatic hydroxyl groups is 1. The van der Waals surface area contributed by atoms with Crippen LogP contribution in [0.4, 0.5) is 5.69 Å². The number of hydrogen-bond acceptors (Lipinski definition) is 3. The minimum absolute atomic E-state index is 0. The molecule has 0 fully saturated rings. The van der Waals surface area contributed by atoms with Crippen molar-refractivity contribution in [1.29, 1.82) is 0 Å². The Balaban J connectivity index is 0.00000156. The zero-order chi connectivity index (χ0) is 15.0. The molecule has 1 N–H and O–H groups in total. The molecule has 2 aliphatic rings. The van der Waals surface area contributed by atoms with Crippen molar-refractivity contribution in [3.8, 4) is 0 Å². The first-order valence-corrected chi connectivity index (χ1v) is 8.65. The fraction of sp³-hybridized carbons (Fsp3) is 0.278. The van der Waals surface area contributed by atoms with Crippen molar-refractivity contribution in [2.75, 3.05) is 23.7 Å². The number of thioether (sulfide) groups is 1. The molecule has 2 aromatic rings. The Morgan fingerprint density at radius 2 is 1.65 bits per heavy atom. The number of β-amino-alcohol motifs (C(OH)–C–C–N with tert-alkyl or cyclic N) is 1. The molecule has 120 valence electrons. The Bertz CT molecular complexity index is 707. The van der Waals surface area contributed by atoms with Crippen LogP contribution >= 0.6 is 11.8 Å². The molecule has 4 rings (SSSR count). The molecule has 2 heterocycles. The van der Waals surface area contributed by atoms with E-state index in [1.165, 1.54) is 5.17 Å². The summed E-state index contributed by atoms with van der Waals surface area (Å²) < 4.78 is 2.17. The van der Waals surface area contributed by atoms with Gasteiger partial charge in [-0.05, 0) is 30.3 Å². The summed E-state index contributed by atoms with van der Waals surface area (Å²) in [5.74, 6) is 1.11. The molecule has 2 aromatic carbocycles. The van der Waals surface area contributed by atoms with Crippen LogP contribution in [0.5, 0.6) is 0 Å². The quantitative estimate of drug-likeness (QED) is 0.723. The summed E-state index contributed by atoms with van der Waals surface area (Å²) in [7, 11) is 0. The second kappa shape index (κ2) is 6.67. The van der Waals surface area contributed by atoms with E-state index in [9.17, 15) is 5.11 Å². The molecule has 1 atom stereocenters. The first kappa shape index (κ1) is 16.6. The van der Waals surface area contributed by atoms with E-state index in [-0.39, 0.29) is 17.0 Å². The fourth-order valence-electron chi connectivity index (χ4n) is 3.26. The molecule has 1 unspecified atom stereocenters. The van der Waals surface area contributed by atoms with Gasteiger partial charge in [-0.2, -0.15) is 0 Å². The van der Waals surface area contributed by atoms with Gasteiger partial charge in [0.05, 0.1) is 6.54 Å². The van der Waals surface area contributed by atoms with Gasteiger partial charge >= 0.3 is 5.17 Å². The summed E-state index contributed by atoms with van der Waals surface area (Å²) in [6.07, 6.45) is 1.10. The lowest BCUT2D eigenvalue weighted by Gasteiger charge is -2.24. The van der Waals surface area contributed by atoms with Crippen LogP contribution in [-0.2, 0) is 5.72 Å². The maximum atomic E-state index is 11.4. The van der Waals surface area contributed by atoms with Gasteiger partial charge in [-0.25, -0.2) is 9.48 Å². The van der Waals surface area contributed by atoms with Gasteiger partial charge < -0.3 is 22.1 Å². The molecule has 3 nitrogen and oxygen atoms in total. The van der Waals surface area contributed by atoms with Crippen molar-refractivity contribution in [1.82, 2.24) is 0 Å². The number of halogens is 1. The second-order valence-electron chi connectivity index (χ2n) is 5.74. The highest BCUT2D eigenvalue weighted by Gasteiger charge is 2.53. The predicted octanol–water partition coefficient (Wildman–Crippen LogP) is -0.139. The molecule has 0 saturated carbocycles. The number of para-hydroxylation sites is 1. The van der Waals surface area contributed by atoms with Gasteiger partial charge in [-0.3, -0.25) is 0 Å².